The Hall–Kier alpha value is -0.0800. The molecule has 2 aliphatic rings. The summed E-state index contributed by atoms with van der Waals surface area (Å²) in [6.07, 6.45) is 7.20. The highest BCUT2D eigenvalue weighted by molar-refractivity contribution is 4.90. The van der Waals surface area contributed by atoms with Gasteiger partial charge >= 0.3 is 0 Å². The van der Waals surface area contributed by atoms with E-state index in [0.29, 0.717) is 0 Å². The van der Waals surface area contributed by atoms with E-state index in [1.165, 1.54) is 58.3 Å². The molecular formula is C16H32N2. The fraction of sp³-hybridized carbons (Fsp3) is 1.00. The average molecular weight is 252 g/mol. The zero-order valence-corrected chi connectivity index (χ0v) is 12.6. The standard InChI is InChI=1S/C16H32N2/c1-13(2)10-17-9-5-6-14(3)18-11-15-7-4-8-16(15)12-18/h13-17H,4-12H2,1-3H3. The molecule has 0 aromatic heterocycles. The van der Waals surface area contributed by atoms with Crippen molar-refractivity contribution in [3.05, 3.63) is 0 Å². The van der Waals surface area contributed by atoms with E-state index in [1.54, 1.807) is 0 Å². The summed E-state index contributed by atoms with van der Waals surface area (Å²) in [5.74, 6) is 2.87. The highest BCUT2D eigenvalue weighted by atomic mass is 15.2. The molecule has 106 valence electrons. The van der Waals surface area contributed by atoms with Gasteiger partial charge in [-0.25, -0.2) is 0 Å². The lowest BCUT2D eigenvalue weighted by Crippen LogP contribution is -2.32. The van der Waals surface area contributed by atoms with Crippen molar-refractivity contribution in [3.8, 4) is 0 Å². The summed E-state index contributed by atoms with van der Waals surface area (Å²) in [7, 11) is 0. The first-order valence-corrected chi connectivity index (χ1v) is 8.11. The predicted octanol–water partition coefficient (Wildman–Crippen LogP) is 3.13. The Kier molecular flexibility index (Phi) is 5.50. The van der Waals surface area contributed by atoms with Crippen LogP contribution in [0.25, 0.3) is 0 Å². The largest absolute Gasteiger partial charge is 0.316 e. The molecule has 0 radical (unpaired) electrons. The maximum atomic E-state index is 3.55. The van der Waals surface area contributed by atoms with E-state index in [9.17, 15) is 0 Å². The summed E-state index contributed by atoms with van der Waals surface area (Å²) in [4.78, 5) is 2.76. The van der Waals surface area contributed by atoms with Crippen LogP contribution in [0.3, 0.4) is 0 Å². The van der Waals surface area contributed by atoms with Crippen LogP contribution in [-0.4, -0.2) is 37.1 Å². The Morgan fingerprint density at radius 3 is 2.39 bits per heavy atom. The number of hydrogen-bond acceptors (Lipinski definition) is 2. The second-order valence-electron chi connectivity index (χ2n) is 6.99. The summed E-state index contributed by atoms with van der Waals surface area (Å²) >= 11 is 0. The van der Waals surface area contributed by atoms with Crippen LogP contribution >= 0.6 is 0 Å². The number of rotatable bonds is 7. The fourth-order valence-electron chi connectivity index (χ4n) is 3.73. The van der Waals surface area contributed by atoms with Gasteiger partial charge in [-0.2, -0.15) is 0 Å². The van der Waals surface area contributed by atoms with Crippen LogP contribution in [0.5, 0.6) is 0 Å². The summed E-state index contributed by atoms with van der Waals surface area (Å²) in [6, 6.07) is 0.802. The predicted molar refractivity (Wildman–Crippen MR) is 78.8 cm³/mol. The minimum atomic E-state index is 0.778. The van der Waals surface area contributed by atoms with Crippen molar-refractivity contribution in [2.45, 2.75) is 58.9 Å². The highest BCUT2D eigenvalue weighted by Gasteiger charge is 2.37. The number of nitrogens with zero attached hydrogens (tertiary/aromatic N) is 1. The quantitative estimate of drug-likeness (QED) is 0.700. The number of fused-ring (bicyclic) bond motifs is 1. The van der Waals surface area contributed by atoms with Gasteiger partial charge in [0.05, 0.1) is 0 Å². The molecule has 2 nitrogen and oxygen atoms in total. The molecule has 3 unspecified atom stereocenters. The normalized spacial score (nSPS) is 30.0. The van der Waals surface area contributed by atoms with Crippen molar-refractivity contribution < 1.29 is 0 Å². The first-order chi connectivity index (χ1) is 8.66. The fourth-order valence-corrected chi connectivity index (χ4v) is 3.73. The second-order valence-corrected chi connectivity index (χ2v) is 6.99. The molecule has 0 aromatic carbocycles. The third kappa shape index (κ3) is 3.96. The van der Waals surface area contributed by atoms with Gasteiger partial charge in [-0.3, -0.25) is 0 Å². The van der Waals surface area contributed by atoms with E-state index >= 15 is 0 Å². The number of nitrogens with one attached hydrogen (secondary N) is 1. The van der Waals surface area contributed by atoms with E-state index in [2.05, 4.69) is 31.0 Å². The van der Waals surface area contributed by atoms with Gasteiger partial charge < -0.3 is 10.2 Å². The molecule has 1 heterocycles. The van der Waals surface area contributed by atoms with E-state index in [0.717, 1.165) is 23.8 Å². The molecule has 2 fully saturated rings. The minimum absolute atomic E-state index is 0.778. The van der Waals surface area contributed by atoms with Crippen LogP contribution in [0.2, 0.25) is 0 Å². The molecule has 1 N–H and O–H groups in total. The molecule has 0 amide bonds. The van der Waals surface area contributed by atoms with Crippen LogP contribution < -0.4 is 5.32 Å². The molecule has 0 bridgehead atoms. The molecule has 1 saturated carbocycles. The van der Waals surface area contributed by atoms with Crippen molar-refractivity contribution in [1.29, 1.82) is 0 Å². The average Bonchev–Trinajstić information content (AvgIpc) is 2.87. The SMILES string of the molecule is CC(C)CNCCCC(C)N1CC2CCCC2C1. The highest BCUT2D eigenvalue weighted by Crippen LogP contribution is 2.38. The van der Waals surface area contributed by atoms with Gasteiger partial charge in [-0.1, -0.05) is 20.3 Å². The molecule has 2 heteroatoms. The molecule has 0 aromatic rings. The molecule has 18 heavy (non-hydrogen) atoms. The Balaban J connectivity index is 1.56. The summed E-state index contributed by atoms with van der Waals surface area (Å²) in [5, 5.41) is 3.55. The van der Waals surface area contributed by atoms with E-state index in [1.807, 2.05) is 0 Å². The summed E-state index contributed by atoms with van der Waals surface area (Å²) < 4.78 is 0. The monoisotopic (exact) mass is 252 g/mol. The van der Waals surface area contributed by atoms with Gasteiger partial charge in [-0.15, -0.1) is 0 Å². The summed E-state index contributed by atoms with van der Waals surface area (Å²) in [6.45, 7) is 12.1. The van der Waals surface area contributed by atoms with Crippen LogP contribution in [0, 0.1) is 17.8 Å². The molecule has 0 spiro atoms. The Morgan fingerprint density at radius 2 is 1.78 bits per heavy atom. The first kappa shape index (κ1) is 14.3. The van der Waals surface area contributed by atoms with Gasteiger partial charge in [0.1, 0.15) is 0 Å². The molecule has 2 rings (SSSR count). The van der Waals surface area contributed by atoms with E-state index in [4.69, 9.17) is 0 Å². The molecule has 1 aliphatic carbocycles. The van der Waals surface area contributed by atoms with Gasteiger partial charge in [0, 0.05) is 19.1 Å². The number of hydrogen-bond donors (Lipinski definition) is 1. The smallest absolute Gasteiger partial charge is 0.00676 e. The maximum absolute atomic E-state index is 3.55. The first-order valence-electron chi connectivity index (χ1n) is 8.11. The molecule has 1 saturated heterocycles. The van der Waals surface area contributed by atoms with Gasteiger partial charge in [-0.05, 0) is 63.5 Å². The van der Waals surface area contributed by atoms with Gasteiger partial charge in [0.15, 0.2) is 0 Å². The van der Waals surface area contributed by atoms with Crippen molar-refractivity contribution in [2.24, 2.45) is 17.8 Å². The van der Waals surface area contributed by atoms with Crippen LogP contribution in [0.4, 0.5) is 0 Å². The van der Waals surface area contributed by atoms with Crippen LogP contribution in [0.1, 0.15) is 52.9 Å². The Labute approximate surface area is 114 Å². The third-order valence-electron chi connectivity index (χ3n) is 4.91. The Morgan fingerprint density at radius 1 is 1.11 bits per heavy atom. The Bertz CT molecular complexity index is 227. The summed E-state index contributed by atoms with van der Waals surface area (Å²) in [5.41, 5.74) is 0. The molecule has 1 aliphatic heterocycles. The zero-order chi connectivity index (χ0) is 13.0. The van der Waals surface area contributed by atoms with Crippen LogP contribution in [-0.2, 0) is 0 Å². The topological polar surface area (TPSA) is 15.3 Å². The lowest BCUT2D eigenvalue weighted by molar-refractivity contribution is 0.225. The van der Waals surface area contributed by atoms with E-state index < -0.39 is 0 Å². The van der Waals surface area contributed by atoms with Gasteiger partial charge in [0.2, 0.25) is 0 Å². The van der Waals surface area contributed by atoms with Crippen molar-refractivity contribution >= 4 is 0 Å². The second kappa shape index (κ2) is 6.91. The third-order valence-corrected chi connectivity index (χ3v) is 4.91. The lowest BCUT2D eigenvalue weighted by atomic mass is 10.0. The zero-order valence-electron chi connectivity index (χ0n) is 12.6. The number of likely N-dealkylation sites (tertiary alicyclic amines) is 1. The van der Waals surface area contributed by atoms with Crippen molar-refractivity contribution in [1.82, 2.24) is 10.2 Å². The maximum Gasteiger partial charge on any atom is 0.00676 e. The van der Waals surface area contributed by atoms with E-state index in [-0.39, 0.29) is 0 Å². The van der Waals surface area contributed by atoms with Crippen molar-refractivity contribution in [3.63, 3.8) is 0 Å². The minimum Gasteiger partial charge on any atom is -0.316 e. The molecular weight excluding hydrogens is 220 g/mol. The lowest BCUT2D eigenvalue weighted by Gasteiger charge is -2.25. The van der Waals surface area contributed by atoms with Crippen molar-refractivity contribution in [2.75, 3.05) is 26.2 Å². The molecule has 3 atom stereocenters. The van der Waals surface area contributed by atoms with Crippen LogP contribution in [0.15, 0.2) is 0 Å². The van der Waals surface area contributed by atoms with Gasteiger partial charge in [0.25, 0.3) is 0 Å².